The molecule has 0 saturated heterocycles. The molecule has 0 spiro atoms. The van der Waals surface area contributed by atoms with Gasteiger partial charge in [-0.1, -0.05) is 25.1 Å². The van der Waals surface area contributed by atoms with Crippen LogP contribution in [0, 0.1) is 5.92 Å². The quantitative estimate of drug-likeness (QED) is 0.710. The van der Waals surface area contributed by atoms with Crippen molar-refractivity contribution in [2.45, 2.75) is 44.7 Å². The molecule has 23 heavy (non-hydrogen) atoms. The highest BCUT2D eigenvalue weighted by atomic mass is 35.5. The molecule has 4 N–H and O–H groups in total. The van der Waals surface area contributed by atoms with Crippen LogP contribution in [0.1, 0.15) is 33.3 Å². The molecule has 0 fully saturated rings. The van der Waals surface area contributed by atoms with E-state index in [1.807, 2.05) is 0 Å². The minimum absolute atomic E-state index is 0. The number of carbonyl (C=O) groups is 1. The van der Waals surface area contributed by atoms with E-state index in [0.717, 1.165) is 0 Å². The Morgan fingerprint density at radius 1 is 1.26 bits per heavy atom. The molecule has 0 heterocycles. The number of rotatable bonds is 6. The Balaban J connectivity index is 0.00000484. The highest BCUT2D eigenvalue weighted by Gasteiger charge is 2.24. The molecule has 1 rings (SSSR count). The van der Waals surface area contributed by atoms with Crippen molar-refractivity contribution in [1.82, 2.24) is 10.0 Å². The van der Waals surface area contributed by atoms with Crippen molar-refractivity contribution in [3.63, 3.8) is 0 Å². The van der Waals surface area contributed by atoms with E-state index in [4.69, 9.17) is 5.73 Å². The summed E-state index contributed by atoms with van der Waals surface area (Å²) in [5.41, 5.74) is 5.40. The van der Waals surface area contributed by atoms with Gasteiger partial charge in [-0.3, -0.25) is 4.79 Å². The number of carbonyl (C=O) groups excluding carboxylic acids is 1. The number of halogens is 1. The monoisotopic (exact) mass is 363 g/mol. The van der Waals surface area contributed by atoms with Crippen molar-refractivity contribution in [3.05, 3.63) is 29.8 Å². The number of sulfonamides is 1. The molecule has 1 unspecified atom stereocenters. The van der Waals surface area contributed by atoms with Crippen LogP contribution in [-0.2, 0) is 21.4 Å². The zero-order valence-corrected chi connectivity index (χ0v) is 15.6. The molecule has 0 aromatic heterocycles. The second-order valence-electron chi connectivity index (χ2n) is 6.32. The van der Waals surface area contributed by atoms with Gasteiger partial charge in [-0.2, -0.15) is 0 Å². The summed E-state index contributed by atoms with van der Waals surface area (Å²) in [4.78, 5) is 12.0. The SMILES string of the molecule is CC(CN)C(=O)NCc1ccccc1S(=O)(=O)NC(C)(C)C.Cl. The van der Waals surface area contributed by atoms with Gasteiger partial charge in [-0.25, -0.2) is 13.1 Å². The van der Waals surface area contributed by atoms with Crippen molar-refractivity contribution >= 4 is 28.3 Å². The van der Waals surface area contributed by atoms with Crippen molar-refractivity contribution < 1.29 is 13.2 Å². The van der Waals surface area contributed by atoms with E-state index >= 15 is 0 Å². The van der Waals surface area contributed by atoms with Crippen LogP contribution in [-0.4, -0.2) is 26.4 Å². The number of amides is 1. The standard InChI is InChI=1S/C15H25N3O3S.ClH/c1-11(9-16)14(19)17-10-12-7-5-6-8-13(12)22(20,21)18-15(2,3)4;/h5-8,11,18H,9-10,16H2,1-4H3,(H,17,19);1H. The minimum Gasteiger partial charge on any atom is -0.352 e. The number of hydrogen-bond acceptors (Lipinski definition) is 4. The van der Waals surface area contributed by atoms with Gasteiger partial charge in [0.15, 0.2) is 0 Å². The first-order valence-electron chi connectivity index (χ1n) is 7.16. The van der Waals surface area contributed by atoms with Gasteiger partial charge in [-0.05, 0) is 32.4 Å². The Labute approximate surface area is 144 Å². The lowest BCUT2D eigenvalue weighted by atomic mass is 10.1. The minimum atomic E-state index is -3.65. The average Bonchev–Trinajstić information content (AvgIpc) is 2.41. The van der Waals surface area contributed by atoms with Crippen LogP contribution >= 0.6 is 12.4 Å². The predicted molar refractivity (Wildman–Crippen MR) is 93.8 cm³/mol. The molecule has 0 aliphatic carbocycles. The van der Waals surface area contributed by atoms with Crippen molar-refractivity contribution in [3.8, 4) is 0 Å². The van der Waals surface area contributed by atoms with Gasteiger partial charge in [0, 0.05) is 24.5 Å². The molecule has 1 atom stereocenters. The Kier molecular flexibility index (Phi) is 8.20. The van der Waals surface area contributed by atoms with Gasteiger partial charge >= 0.3 is 0 Å². The van der Waals surface area contributed by atoms with Crippen LogP contribution in [0.4, 0.5) is 0 Å². The molecule has 1 aromatic rings. The summed E-state index contributed by atoms with van der Waals surface area (Å²) >= 11 is 0. The maximum atomic E-state index is 12.5. The van der Waals surface area contributed by atoms with Crippen molar-refractivity contribution in [2.24, 2.45) is 11.7 Å². The van der Waals surface area contributed by atoms with E-state index in [9.17, 15) is 13.2 Å². The van der Waals surface area contributed by atoms with Gasteiger partial charge in [0.25, 0.3) is 0 Å². The summed E-state index contributed by atoms with van der Waals surface area (Å²) in [6.07, 6.45) is 0. The zero-order chi connectivity index (χ0) is 17.0. The first-order chi connectivity index (χ1) is 10.1. The second-order valence-corrected chi connectivity index (χ2v) is 7.97. The summed E-state index contributed by atoms with van der Waals surface area (Å²) in [6, 6.07) is 6.61. The van der Waals surface area contributed by atoms with E-state index in [2.05, 4.69) is 10.0 Å². The topological polar surface area (TPSA) is 101 Å². The number of benzene rings is 1. The van der Waals surface area contributed by atoms with Crippen LogP contribution < -0.4 is 15.8 Å². The van der Waals surface area contributed by atoms with Crippen LogP contribution in [0.5, 0.6) is 0 Å². The maximum Gasteiger partial charge on any atom is 0.241 e. The summed E-state index contributed by atoms with van der Waals surface area (Å²) in [6.45, 7) is 7.44. The second kappa shape index (κ2) is 8.63. The van der Waals surface area contributed by atoms with Crippen molar-refractivity contribution in [1.29, 1.82) is 0 Å². The molecule has 8 heteroatoms. The average molecular weight is 364 g/mol. The zero-order valence-electron chi connectivity index (χ0n) is 13.9. The first kappa shape index (κ1) is 21.9. The van der Waals surface area contributed by atoms with Crippen LogP contribution in [0.2, 0.25) is 0 Å². The van der Waals surface area contributed by atoms with E-state index in [0.29, 0.717) is 5.56 Å². The van der Waals surface area contributed by atoms with Gasteiger partial charge < -0.3 is 11.1 Å². The summed E-state index contributed by atoms with van der Waals surface area (Å²) < 4.78 is 27.5. The van der Waals surface area contributed by atoms with Gasteiger partial charge in [0.05, 0.1) is 4.90 Å². The van der Waals surface area contributed by atoms with E-state index in [1.54, 1.807) is 45.9 Å². The summed E-state index contributed by atoms with van der Waals surface area (Å²) in [5.74, 6) is -0.505. The predicted octanol–water partition coefficient (Wildman–Crippen LogP) is 1.40. The van der Waals surface area contributed by atoms with Crippen LogP contribution in [0.25, 0.3) is 0 Å². The number of nitrogens with one attached hydrogen (secondary N) is 2. The third-order valence-electron chi connectivity index (χ3n) is 2.96. The van der Waals surface area contributed by atoms with Crippen LogP contribution in [0.15, 0.2) is 29.2 Å². The molecule has 132 valence electrons. The van der Waals surface area contributed by atoms with E-state index < -0.39 is 15.6 Å². The Morgan fingerprint density at radius 3 is 2.35 bits per heavy atom. The smallest absolute Gasteiger partial charge is 0.241 e. The number of hydrogen-bond donors (Lipinski definition) is 3. The summed E-state index contributed by atoms with van der Waals surface area (Å²) in [7, 11) is -3.65. The van der Waals surface area contributed by atoms with Gasteiger partial charge in [0.1, 0.15) is 0 Å². The lowest BCUT2D eigenvalue weighted by Crippen LogP contribution is -2.41. The Hall–Kier alpha value is -1.15. The molecule has 1 amide bonds. The van der Waals surface area contributed by atoms with E-state index in [-0.39, 0.29) is 42.2 Å². The molecule has 0 radical (unpaired) electrons. The lowest BCUT2D eigenvalue weighted by Gasteiger charge is -2.21. The lowest BCUT2D eigenvalue weighted by molar-refractivity contribution is -0.124. The molecular formula is C15H26ClN3O3S. The number of nitrogens with two attached hydrogens (primary N) is 1. The fourth-order valence-corrected chi connectivity index (χ4v) is 3.49. The van der Waals surface area contributed by atoms with Crippen molar-refractivity contribution in [2.75, 3.05) is 6.54 Å². The molecule has 0 aliphatic rings. The molecule has 0 bridgehead atoms. The largest absolute Gasteiger partial charge is 0.352 e. The maximum absolute atomic E-state index is 12.5. The fraction of sp³-hybridized carbons (Fsp3) is 0.533. The third-order valence-corrected chi connectivity index (χ3v) is 4.82. The highest BCUT2D eigenvalue weighted by Crippen LogP contribution is 2.17. The van der Waals surface area contributed by atoms with Crippen LogP contribution in [0.3, 0.4) is 0 Å². The van der Waals surface area contributed by atoms with E-state index in [1.165, 1.54) is 6.07 Å². The Bertz CT molecular complexity index is 627. The molecule has 6 nitrogen and oxygen atoms in total. The molecule has 0 saturated carbocycles. The normalized spacial score (nSPS) is 13.1. The Morgan fingerprint density at radius 2 is 1.83 bits per heavy atom. The molecule has 1 aromatic carbocycles. The summed E-state index contributed by atoms with van der Waals surface area (Å²) in [5, 5.41) is 2.71. The molecule has 0 aliphatic heterocycles. The van der Waals surface area contributed by atoms with Gasteiger partial charge in [0.2, 0.25) is 15.9 Å². The van der Waals surface area contributed by atoms with Gasteiger partial charge in [-0.15, -0.1) is 12.4 Å². The fourth-order valence-electron chi connectivity index (χ4n) is 1.83. The highest BCUT2D eigenvalue weighted by molar-refractivity contribution is 7.89. The molecular weight excluding hydrogens is 338 g/mol. The first-order valence-corrected chi connectivity index (χ1v) is 8.65. The third kappa shape index (κ3) is 6.87.